The van der Waals surface area contributed by atoms with Gasteiger partial charge in [-0.15, -0.1) is 0 Å². The third-order valence-electron chi connectivity index (χ3n) is 3.37. The molecule has 5 nitrogen and oxygen atoms in total. The molecule has 0 bridgehead atoms. The van der Waals surface area contributed by atoms with Crippen LogP contribution in [-0.4, -0.2) is 54.5 Å². The van der Waals surface area contributed by atoms with Gasteiger partial charge in [-0.25, -0.2) is 8.42 Å². The summed E-state index contributed by atoms with van der Waals surface area (Å²) in [5.41, 5.74) is 0. The predicted octanol–water partition coefficient (Wildman–Crippen LogP) is 0.995. The van der Waals surface area contributed by atoms with Gasteiger partial charge in [0, 0.05) is 12.1 Å². The lowest BCUT2D eigenvalue weighted by Gasteiger charge is -2.33. The zero-order valence-corrected chi connectivity index (χ0v) is 12.1. The summed E-state index contributed by atoms with van der Waals surface area (Å²) in [4.78, 5) is 12.8. The van der Waals surface area contributed by atoms with Crippen LogP contribution in [0.4, 0.5) is 0 Å². The van der Waals surface area contributed by atoms with Crippen molar-refractivity contribution in [3.63, 3.8) is 0 Å². The molecule has 0 spiro atoms. The van der Waals surface area contributed by atoms with Crippen molar-refractivity contribution in [2.75, 3.05) is 18.1 Å². The van der Waals surface area contributed by atoms with Crippen molar-refractivity contribution in [1.29, 1.82) is 0 Å². The van der Waals surface area contributed by atoms with E-state index in [0.29, 0.717) is 12.3 Å². The van der Waals surface area contributed by atoms with Crippen LogP contribution in [-0.2, 0) is 14.6 Å². The number of sulfone groups is 1. The average Bonchev–Trinajstić information content (AvgIpc) is 2.53. The molecule has 1 saturated heterocycles. The molecule has 0 radical (unpaired) electrons. The standard InChI is InChI=1S/C12H23NO4S/c1-9(2)6-10(3)13(7-12(14)15)11-4-5-18(16,17)8-11/h9-11H,4-8H2,1-3H3,(H,14,15). The van der Waals surface area contributed by atoms with Crippen molar-refractivity contribution in [3.05, 3.63) is 0 Å². The first-order valence-corrected chi connectivity index (χ1v) is 8.21. The molecule has 1 rings (SSSR count). The third kappa shape index (κ3) is 4.57. The number of aliphatic carboxylic acids is 1. The van der Waals surface area contributed by atoms with E-state index in [4.69, 9.17) is 5.11 Å². The number of nitrogens with zero attached hydrogens (tertiary/aromatic N) is 1. The Morgan fingerprint density at radius 3 is 2.39 bits per heavy atom. The van der Waals surface area contributed by atoms with E-state index in [2.05, 4.69) is 13.8 Å². The Kier molecular flexibility index (Phi) is 5.16. The first-order chi connectivity index (χ1) is 8.21. The fourth-order valence-corrected chi connectivity index (χ4v) is 4.40. The van der Waals surface area contributed by atoms with Crippen molar-refractivity contribution in [1.82, 2.24) is 4.90 Å². The molecule has 0 saturated carbocycles. The van der Waals surface area contributed by atoms with E-state index < -0.39 is 15.8 Å². The van der Waals surface area contributed by atoms with Crippen molar-refractivity contribution in [3.8, 4) is 0 Å². The number of rotatable bonds is 6. The summed E-state index contributed by atoms with van der Waals surface area (Å²) in [6.45, 7) is 6.07. The maximum absolute atomic E-state index is 11.5. The van der Waals surface area contributed by atoms with Crippen LogP contribution in [0.2, 0.25) is 0 Å². The first kappa shape index (κ1) is 15.4. The Bertz CT molecular complexity index is 391. The van der Waals surface area contributed by atoms with E-state index in [-0.39, 0.29) is 30.1 Å². The van der Waals surface area contributed by atoms with Gasteiger partial charge in [0.05, 0.1) is 18.1 Å². The van der Waals surface area contributed by atoms with Gasteiger partial charge in [0.2, 0.25) is 0 Å². The highest BCUT2D eigenvalue weighted by Crippen LogP contribution is 2.22. The minimum atomic E-state index is -2.97. The Morgan fingerprint density at radius 1 is 1.39 bits per heavy atom. The van der Waals surface area contributed by atoms with Crippen LogP contribution in [0.5, 0.6) is 0 Å². The number of carboxylic acid groups (broad SMARTS) is 1. The van der Waals surface area contributed by atoms with Gasteiger partial charge in [0.1, 0.15) is 0 Å². The Balaban J connectivity index is 2.75. The highest BCUT2D eigenvalue weighted by molar-refractivity contribution is 7.91. The topological polar surface area (TPSA) is 74.7 Å². The largest absolute Gasteiger partial charge is 0.480 e. The van der Waals surface area contributed by atoms with Crippen molar-refractivity contribution in [2.45, 2.75) is 45.7 Å². The molecule has 0 aromatic carbocycles. The minimum Gasteiger partial charge on any atom is -0.480 e. The molecule has 106 valence electrons. The molecule has 1 heterocycles. The van der Waals surface area contributed by atoms with Gasteiger partial charge < -0.3 is 5.11 Å². The second kappa shape index (κ2) is 6.02. The second-order valence-electron chi connectivity index (χ2n) is 5.60. The molecule has 6 heteroatoms. The summed E-state index contributed by atoms with van der Waals surface area (Å²) in [6.07, 6.45) is 1.43. The van der Waals surface area contributed by atoms with Crippen LogP contribution in [0, 0.1) is 5.92 Å². The predicted molar refractivity (Wildman–Crippen MR) is 70.3 cm³/mol. The van der Waals surface area contributed by atoms with Crippen LogP contribution < -0.4 is 0 Å². The van der Waals surface area contributed by atoms with Gasteiger partial charge in [0.25, 0.3) is 0 Å². The molecule has 18 heavy (non-hydrogen) atoms. The summed E-state index contributed by atoms with van der Waals surface area (Å²) in [5, 5.41) is 8.97. The highest BCUT2D eigenvalue weighted by Gasteiger charge is 2.35. The summed E-state index contributed by atoms with van der Waals surface area (Å²) in [6, 6.07) is -0.0424. The minimum absolute atomic E-state index is 0.0753. The van der Waals surface area contributed by atoms with Crippen LogP contribution in [0.3, 0.4) is 0 Å². The fourth-order valence-electron chi connectivity index (χ4n) is 2.66. The lowest BCUT2D eigenvalue weighted by atomic mass is 10.0. The van der Waals surface area contributed by atoms with E-state index in [0.717, 1.165) is 6.42 Å². The molecule has 0 aliphatic carbocycles. The average molecular weight is 277 g/mol. The molecule has 1 fully saturated rings. The van der Waals surface area contributed by atoms with Crippen molar-refractivity contribution >= 4 is 15.8 Å². The maximum Gasteiger partial charge on any atom is 0.317 e. The lowest BCUT2D eigenvalue weighted by Crippen LogP contribution is -2.46. The maximum atomic E-state index is 11.5. The quantitative estimate of drug-likeness (QED) is 0.784. The Labute approximate surface area is 109 Å². The molecule has 1 aliphatic heterocycles. The monoisotopic (exact) mass is 277 g/mol. The van der Waals surface area contributed by atoms with E-state index in [9.17, 15) is 13.2 Å². The van der Waals surface area contributed by atoms with Crippen LogP contribution >= 0.6 is 0 Å². The van der Waals surface area contributed by atoms with Gasteiger partial charge in [0.15, 0.2) is 9.84 Å². The van der Waals surface area contributed by atoms with Gasteiger partial charge in [-0.2, -0.15) is 0 Å². The second-order valence-corrected chi connectivity index (χ2v) is 7.83. The molecule has 0 aromatic rings. The van der Waals surface area contributed by atoms with Crippen LogP contribution in [0.15, 0.2) is 0 Å². The van der Waals surface area contributed by atoms with E-state index in [1.165, 1.54) is 0 Å². The number of hydrogen-bond donors (Lipinski definition) is 1. The lowest BCUT2D eigenvalue weighted by molar-refractivity contribution is -0.139. The normalized spacial score (nSPS) is 24.6. The zero-order valence-electron chi connectivity index (χ0n) is 11.3. The molecule has 1 aliphatic rings. The van der Waals surface area contributed by atoms with Gasteiger partial charge in [-0.05, 0) is 25.7 Å². The van der Waals surface area contributed by atoms with E-state index in [1.807, 2.05) is 11.8 Å². The first-order valence-electron chi connectivity index (χ1n) is 6.39. The summed E-state index contributed by atoms with van der Waals surface area (Å²) < 4.78 is 23.0. The molecular weight excluding hydrogens is 254 g/mol. The zero-order chi connectivity index (χ0) is 13.9. The Morgan fingerprint density at radius 2 is 2.00 bits per heavy atom. The summed E-state index contributed by atoms with van der Waals surface area (Å²) in [5.74, 6) is -0.144. The van der Waals surface area contributed by atoms with Crippen LogP contribution in [0.25, 0.3) is 0 Å². The van der Waals surface area contributed by atoms with Crippen LogP contribution in [0.1, 0.15) is 33.6 Å². The molecule has 0 amide bonds. The van der Waals surface area contributed by atoms with Crippen molar-refractivity contribution in [2.24, 2.45) is 5.92 Å². The number of carboxylic acids is 1. The van der Waals surface area contributed by atoms with E-state index >= 15 is 0 Å². The third-order valence-corrected chi connectivity index (χ3v) is 5.12. The summed E-state index contributed by atoms with van der Waals surface area (Å²) in [7, 11) is -2.97. The van der Waals surface area contributed by atoms with E-state index in [1.54, 1.807) is 0 Å². The SMILES string of the molecule is CC(C)CC(C)N(CC(=O)O)C1CCS(=O)(=O)C1. The summed E-state index contributed by atoms with van der Waals surface area (Å²) >= 11 is 0. The molecule has 0 aromatic heterocycles. The highest BCUT2D eigenvalue weighted by atomic mass is 32.2. The molecular formula is C12H23NO4S. The molecule has 1 N–H and O–H groups in total. The fraction of sp³-hybridized carbons (Fsp3) is 0.917. The molecule has 2 atom stereocenters. The number of hydrogen-bond acceptors (Lipinski definition) is 4. The van der Waals surface area contributed by atoms with Crippen molar-refractivity contribution < 1.29 is 18.3 Å². The molecule has 2 unspecified atom stereocenters. The number of carbonyl (C=O) groups is 1. The van der Waals surface area contributed by atoms with Gasteiger partial charge in [-0.3, -0.25) is 9.69 Å². The van der Waals surface area contributed by atoms with Gasteiger partial charge >= 0.3 is 5.97 Å². The van der Waals surface area contributed by atoms with Gasteiger partial charge in [-0.1, -0.05) is 13.8 Å². The Hall–Kier alpha value is -0.620. The smallest absolute Gasteiger partial charge is 0.317 e.